The Hall–Kier alpha value is -2.80. The number of hydrogen-bond donors (Lipinski definition) is 2. The van der Waals surface area contributed by atoms with E-state index in [9.17, 15) is 4.79 Å². The Morgan fingerprint density at radius 3 is 2.56 bits per heavy atom. The summed E-state index contributed by atoms with van der Waals surface area (Å²) >= 11 is 3.41. The maximum atomic E-state index is 12.3. The van der Waals surface area contributed by atoms with E-state index < -0.39 is 0 Å². The number of nitrogens with one attached hydrogen (secondary N) is 2. The number of carbonyl (C=O) groups excluding carboxylic acids is 1. The second-order valence-electron chi connectivity index (χ2n) is 5.19. The highest BCUT2D eigenvalue weighted by atomic mass is 79.9. The average Bonchev–Trinajstić information content (AvgIpc) is 3.07. The van der Waals surface area contributed by atoms with Crippen LogP contribution in [0.4, 0.5) is 0 Å². The lowest BCUT2D eigenvalue weighted by Crippen LogP contribution is -2.17. The van der Waals surface area contributed by atoms with E-state index in [0.717, 1.165) is 20.9 Å². The molecular weight excluding hydrogens is 386 g/mol. The number of amides is 1. The molecule has 0 fully saturated rings. The van der Waals surface area contributed by atoms with Gasteiger partial charge in [0.15, 0.2) is 0 Å². The maximum Gasteiger partial charge on any atom is 0.273 e. The van der Waals surface area contributed by atoms with Gasteiger partial charge in [-0.2, -0.15) is 5.10 Å². The van der Waals surface area contributed by atoms with Crippen LogP contribution in [0.15, 0.2) is 52.2 Å². The number of rotatable bonds is 5. The van der Waals surface area contributed by atoms with Gasteiger partial charge in [-0.25, -0.2) is 5.43 Å². The van der Waals surface area contributed by atoms with Gasteiger partial charge < -0.3 is 14.5 Å². The lowest BCUT2D eigenvalue weighted by atomic mass is 10.2. The summed E-state index contributed by atoms with van der Waals surface area (Å²) in [7, 11) is 3.14. The number of nitrogens with zero attached hydrogens (tertiary/aromatic N) is 1. The Kier molecular flexibility index (Phi) is 5.04. The van der Waals surface area contributed by atoms with E-state index in [2.05, 4.69) is 31.4 Å². The molecule has 0 atom stereocenters. The third kappa shape index (κ3) is 3.51. The van der Waals surface area contributed by atoms with E-state index in [1.807, 2.05) is 24.3 Å². The number of H-pyrrole nitrogens is 1. The van der Waals surface area contributed by atoms with Gasteiger partial charge in [0, 0.05) is 22.7 Å². The normalized spacial score (nSPS) is 11.0. The lowest BCUT2D eigenvalue weighted by Gasteiger charge is -2.09. The van der Waals surface area contributed by atoms with Crippen LogP contribution in [0.25, 0.3) is 10.9 Å². The van der Waals surface area contributed by atoms with Crippen LogP contribution in [-0.4, -0.2) is 31.3 Å². The van der Waals surface area contributed by atoms with Gasteiger partial charge in [-0.1, -0.05) is 18.2 Å². The maximum absolute atomic E-state index is 12.3. The molecule has 0 aliphatic carbocycles. The molecule has 0 aliphatic heterocycles. The van der Waals surface area contributed by atoms with Crippen LogP contribution in [0.2, 0.25) is 0 Å². The van der Waals surface area contributed by atoms with Crippen molar-refractivity contribution in [2.24, 2.45) is 5.10 Å². The third-order valence-corrected chi connectivity index (χ3v) is 4.46. The largest absolute Gasteiger partial charge is 0.495 e. The van der Waals surface area contributed by atoms with Crippen molar-refractivity contribution in [3.63, 3.8) is 0 Å². The molecule has 0 saturated carbocycles. The fraction of sp³-hybridized carbons (Fsp3) is 0.111. The molecule has 1 aromatic heterocycles. The van der Waals surface area contributed by atoms with Crippen LogP contribution in [0.3, 0.4) is 0 Å². The quantitative estimate of drug-likeness (QED) is 0.505. The van der Waals surface area contributed by atoms with Crippen LogP contribution in [0.5, 0.6) is 11.5 Å². The highest BCUT2D eigenvalue weighted by molar-refractivity contribution is 9.10. The SMILES string of the molecule is COc1cc(C=NNC(=O)c2c[nH]c3ccccc23)cc(OC)c1Br. The molecule has 128 valence electrons. The van der Waals surface area contributed by atoms with Gasteiger partial charge in [-0.15, -0.1) is 0 Å². The highest BCUT2D eigenvalue weighted by Crippen LogP contribution is 2.35. The van der Waals surface area contributed by atoms with Crippen molar-refractivity contribution in [3.05, 3.63) is 58.2 Å². The number of carbonyl (C=O) groups is 1. The van der Waals surface area contributed by atoms with Gasteiger partial charge in [-0.05, 0) is 34.1 Å². The molecule has 0 aliphatic rings. The summed E-state index contributed by atoms with van der Waals surface area (Å²) in [5.41, 5.74) is 4.71. The minimum absolute atomic E-state index is 0.287. The van der Waals surface area contributed by atoms with Gasteiger partial charge in [0.05, 0.1) is 26.0 Å². The summed E-state index contributed by atoms with van der Waals surface area (Å²) in [6.45, 7) is 0. The molecule has 3 rings (SSSR count). The van der Waals surface area contributed by atoms with E-state index in [1.165, 1.54) is 6.21 Å². The van der Waals surface area contributed by atoms with Crippen molar-refractivity contribution < 1.29 is 14.3 Å². The van der Waals surface area contributed by atoms with Crippen LogP contribution in [0, 0.1) is 0 Å². The van der Waals surface area contributed by atoms with Gasteiger partial charge >= 0.3 is 0 Å². The number of hydrazone groups is 1. The molecule has 2 aromatic carbocycles. The van der Waals surface area contributed by atoms with Crippen molar-refractivity contribution in [1.82, 2.24) is 10.4 Å². The minimum atomic E-state index is -0.287. The Labute approximate surface area is 153 Å². The smallest absolute Gasteiger partial charge is 0.273 e. The molecule has 0 radical (unpaired) electrons. The van der Waals surface area contributed by atoms with Gasteiger partial charge in [0.25, 0.3) is 5.91 Å². The first kappa shape index (κ1) is 17.0. The highest BCUT2D eigenvalue weighted by Gasteiger charge is 2.11. The summed E-state index contributed by atoms with van der Waals surface area (Å²) < 4.78 is 11.3. The van der Waals surface area contributed by atoms with E-state index in [1.54, 1.807) is 32.5 Å². The molecule has 0 saturated heterocycles. The summed E-state index contributed by atoms with van der Waals surface area (Å²) in [6, 6.07) is 11.2. The number of para-hydroxylation sites is 1. The summed E-state index contributed by atoms with van der Waals surface area (Å²) in [5, 5.41) is 4.87. The molecule has 0 spiro atoms. The fourth-order valence-electron chi connectivity index (χ4n) is 2.45. The number of halogens is 1. The number of methoxy groups -OCH3 is 2. The fourth-order valence-corrected chi connectivity index (χ4v) is 3.00. The van der Waals surface area contributed by atoms with E-state index in [0.29, 0.717) is 17.1 Å². The van der Waals surface area contributed by atoms with E-state index in [4.69, 9.17) is 9.47 Å². The number of aromatic amines is 1. The summed E-state index contributed by atoms with van der Waals surface area (Å²) in [5.74, 6) is 0.942. The van der Waals surface area contributed by atoms with E-state index >= 15 is 0 Å². The molecule has 2 N–H and O–H groups in total. The first-order valence-corrected chi connectivity index (χ1v) is 8.24. The first-order chi connectivity index (χ1) is 12.1. The van der Waals surface area contributed by atoms with Crippen LogP contribution >= 0.6 is 15.9 Å². The number of ether oxygens (including phenoxy) is 2. The molecule has 1 heterocycles. The molecule has 0 bridgehead atoms. The average molecular weight is 402 g/mol. The van der Waals surface area contributed by atoms with Crippen molar-refractivity contribution in [1.29, 1.82) is 0 Å². The topological polar surface area (TPSA) is 75.7 Å². The van der Waals surface area contributed by atoms with Crippen molar-refractivity contribution >= 4 is 39.0 Å². The Morgan fingerprint density at radius 1 is 1.20 bits per heavy atom. The number of hydrogen-bond acceptors (Lipinski definition) is 4. The van der Waals surface area contributed by atoms with Crippen LogP contribution in [0.1, 0.15) is 15.9 Å². The van der Waals surface area contributed by atoms with Crippen molar-refractivity contribution in [2.75, 3.05) is 14.2 Å². The van der Waals surface area contributed by atoms with Crippen LogP contribution in [-0.2, 0) is 0 Å². The van der Waals surface area contributed by atoms with Gasteiger partial charge in [0.1, 0.15) is 16.0 Å². The number of fused-ring (bicyclic) bond motifs is 1. The summed E-state index contributed by atoms with van der Waals surface area (Å²) in [6.07, 6.45) is 3.20. The van der Waals surface area contributed by atoms with Crippen molar-refractivity contribution in [3.8, 4) is 11.5 Å². The Balaban J connectivity index is 1.78. The molecule has 3 aromatic rings. The standard InChI is InChI=1S/C18H16BrN3O3/c1-24-15-7-11(8-16(25-2)17(15)19)9-21-22-18(23)13-10-20-14-6-4-3-5-12(13)14/h3-10,20H,1-2H3,(H,22,23). The third-order valence-electron chi connectivity index (χ3n) is 3.68. The summed E-state index contributed by atoms with van der Waals surface area (Å²) in [4.78, 5) is 15.4. The molecule has 7 heteroatoms. The Morgan fingerprint density at radius 2 is 1.88 bits per heavy atom. The zero-order valence-electron chi connectivity index (χ0n) is 13.7. The minimum Gasteiger partial charge on any atom is -0.495 e. The van der Waals surface area contributed by atoms with E-state index in [-0.39, 0.29) is 5.91 Å². The zero-order chi connectivity index (χ0) is 17.8. The molecule has 1 amide bonds. The molecule has 0 unspecified atom stereocenters. The number of aromatic nitrogens is 1. The second-order valence-corrected chi connectivity index (χ2v) is 5.98. The Bertz CT molecular complexity index is 925. The van der Waals surface area contributed by atoms with Gasteiger partial charge in [0.2, 0.25) is 0 Å². The molecule has 6 nitrogen and oxygen atoms in total. The van der Waals surface area contributed by atoms with Gasteiger partial charge in [-0.3, -0.25) is 4.79 Å². The second kappa shape index (κ2) is 7.40. The molecule has 25 heavy (non-hydrogen) atoms. The van der Waals surface area contributed by atoms with Crippen LogP contribution < -0.4 is 14.9 Å². The van der Waals surface area contributed by atoms with Crippen molar-refractivity contribution in [2.45, 2.75) is 0 Å². The zero-order valence-corrected chi connectivity index (χ0v) is 15.3. The number of benzene rings is 2. The predicted molar refractivity (Wildman–Crippen MR) is 101 cm³/mol. The predicted octanol–water partition coefficient (Wildman–Crippen LogP) is 3.71. The molecular formula is C18H16BrN3O3. The lowest BCUT2D eigenvalue weighted by molar-refractivity contribution is 0.0957. The monoisotopic (exact) mass is 401 g/mol. The first-order valence-electron chi connectivity index (χ1n) is 7.45.